The molecule has 96 heavy (non-hydrogen) atoms. The normalized spacial score (nSPS) is 12.2. The van der Waals surface area contributed by atoms with Gasteiger partial charge in [-0.3, -0.25) is 19.4 Å². The lowest BCUT2D eigenvalue weighted by Gasteiger charge is -2.08. The van der Waals surface area contributed by atoms with Gasteiger partial charge in [-0.15, -0.1) is 0 Å². The zero-order valence-corrected chi connectivity index (χ0v) is 47.7. The van der Waals surface area contributed by atoms with E-state index in [2.05, 4.69) is 104 Å². The number of benzene rings is 5. The Morgan fingerprint density at radius 1 is 0.365 bits per heavy atom. The number of allylic oxidation sites excluding steroid dienone is 3. The molecule has 0 spiro atoms. The number of fused-ring (bicyclic) bond motifs is 5. The van der Waals surface area contributed by atoms with Crippen molar-refractivity contribution in [3.63, 3.8) is 0 Å². The monoisotopic (exact) mass is 1230 g/mol. The molecule has 5 aliphatic heterocycles. The minimum atomic E-state index is -0.598. The minimum Gasteiger partial charge on any atom is -0.308 e. The second-order valence-electron chi connectivity index (χ2n) is 18.8. The number of hydrogen-bond acceptors (Lipinski definition) is 22. The van der Waals surface area contributed by atoms with Crippen LogP contribution in [0.1, 0.15) is 62.2 Å². The second kappa shape index (κ2) is 26.4. The molecule has 0 atom stereocenters. The lowest BCUT2D eigenvalue weighted by atomic mass is 10.1. The summed E-state index contributed by atoms with van der Waals surface area (Å²) in [6.07, 6.45) is 0.00576. The molecule has 12 rings (SSSR count). The molecule has 0 aliphatic carbocycles. The van der Waals surface area contributed by atoms with Crippen LogP contribution >= 0.6 is 0 Å². The number of carbonyl (C=O) groups excluding carboxylic acids is 1. The van der Waals surface area contributed by atoms with Crippen LogP contribution in [0.4, 0.5) is 33.2 Å². The molecule has 0 bridgehead atoms. The highest BCUT2D eigenvalue weighted by molar-refractivity contribution is 5.85. The summed E-state index contributed by atoms with van der Waals surface area (Å²) in [6.45, 7) is 51.5. The van der Waals surface area contributed by atoms with Gasteiger partial charge in [-0.1, -0.05) is 0 Å². The van der Waals surface area contributed by atoms with Crippen molar-refractivity contribution in [2.45, 2.75) is 13.0 Å². The van der Waals surface area contributed by atoms with Gasteiger partial charge in [0.25, 0.3) is 12.2 Å². The van der Waals surface area contributed by atoms with Crippen LogP contribution in [0.25, 0.3) is 56.3 Å². The van der Waals surface area contributed by atoms with E-state index in [-0.39, 0.29) is 176 Å². The van der Waals surface area contributed by atoms with Crippen molar-refractivity contribution < 1.29 is 4.79 Å². The van der Waals surface area contributed by atoms with E-state index < -0.39 is 6.03 Å². The third-order valence-electron chi connectivity index (χ3n) is 13.3. The van der Waals surface area contributed by atoms with Crippen LogP contribution in [0.15, 0.2) is 146 Å². The highest BCUT2D eigenvalue weighted by Crippen LogP contribution is 2.31. The summed E-state index contributed by atoms with van der Waals surface area (Å²) < 4.78 is 0. The van der Waals surface area contributed by atoms with Gasteiger partial charge in [0.05, 0.1) is 162 Å². The Labute approximate surface area is 536 Å². The Hall–Kier alpha value is -17.3. The van der Waals surface area contributed by atoms with Crippen LogP contribution in [-0.2, 0) is 13.0 Å². The van der Waals surface area contributed by atoms with Crippen LogP contribution in [0.2, 0.25) is 0 Å². The maximum absolute atomic E-state index is 10.8. The number of rotatable bonds is 6. The largest absolute Gasteiger partial charge is 0.368 e. The molecule has 0 fully saturated rings. The van der Waals surface area contributed by atoms with Crippen molar-refractivity contribution in [2.75, 3.05) is 0 Å². The lowest BCUT2D eigenvalue weighted by Crippen LogP contribution is -2.22. The summed E-state index contributed by atoms with van der Waals surface area (Å²) in [6, 6.07) is 33.5. The van der Waals surface area contributed by atoms with E-state index in [0.29, 0.717) is 27.1 Å². The first-order chi connectivity index (χ1) is 46.7. The van der Waals surface area contributed by atoms with E-state index in [1.165, 1.54) is 72.8 Å². The average molecular weight is 1230 g/mol. The molecule has 31 nitrogen and oxygen atoms in total. The summed E-state index contributed by atoms with van der Waals surface area (Å²) in [5, 5.41) is 88.1. The Morgan fingerprint density at radius 3 is 1.01 bits per heavy atom. The fourth-order valence-corrected chi connectivity index (χ4v) is 8.99. The van der Waals surface area contributed by atoms with Crippen molar-refractivity contribution in [2.24, 2.45) is 49.9 Å². The van der Waals surface area contributed by atoms with Gasteiger partial charge in [-0.05, 0) is 72.8 Å². The topological polar surface area (TPSA) is 437 Å². The van der Waals surface area contributed by atoms with Crippen molar-refractivity contribution >= 4 is 56.9 Å². The maximum Gasteiger partial charge on any atom is 0.368 e. The van der Waals surface area contributed by atoms with E-state index in [9.17, 15) is 36.4 Å². The molecule has 0 saturated heterocycles. The first-order valence-corrected chi connectivity index (χ1v) is 26.2. The fraction of sp³-hybridized carbons (Fsp3) is 0.0308. The lowest BCUT2D eigenvalue weighted by molar-refractivity contribution is 0.256. The molecule has 0 N–H and O–H groups in total. The molecule has 7 heterocycles. The Morgan fingerprint density at radius 2 is 0.688 bits per heavy atom. The van der Waals surface area contributed by atoms with Gasteiger partial charge in [0, 0.05) is 0 Å². The smallest absolute Gasteiger partial charge is 0.308 e. The number of nitrogens with zero attached hydrogens (tertiary/aromatic N) is 30. The molecule has 0 unspecified atom stereocenters. The molecule has 0 saturated carbocycles. The number of aromatic nitrogens is 4. The van der Waals surface area contributed by atoms with Gasteiger partial charge in [-0.25, -0.2) is 80.9 Å². The molecule has 5 aromatic carbocycles. The number of hydrogen-bond donors (Lipinski definition) is 0. The maximum atomic E-state index is 10.8. The average Bonchev–Trinajstić information content (AvgIpc) is 1.35. The summed E-state index contributed by atoms with van der Waals surface area (Å²) in [5.41, 5.74) is 0.558. The first kappa shape index (κ1) is 61.8. The minimum absolute atomic E-state index is 0.00576. The zero-order chi connectivity index (χ0) is 68.3. The van der Waals surface area contributed by atoms with E-state index in [0.717, 1.165) is 0 Å². The van der Waals surface area contributed by atoms with Gasteiger partial charge in [0.15, 0.2) is 51.9 Å². The van der Waals surface area contributed by atoms with Gasteiger partial charge in [0.2, 0.25) is 11.5 Å². The van der Waals surface area contributed by atoms with Gasteiger partial charge < -0.3 is 4.85 Å². The number of urea groups is 1. The predicted molar refractivity (Wildman–Crippen MR) is 319 cm³/mol. The third-order valence-corrected chi connectivity index (χ3v) is 13.3. The molecule has 7 aromatic rings. The summed E-state index contributed by atoms with van der Waals surface area (Å²) in [5.74, 6) is -0.514. The summed E-state index contributed by atoms with van der Waals surface area (Å²) in [4.78, 5) is 93.7. The van der Waals surface area contributed by atoms with E-state index in [1.807, 2.05) is 54.6 Å². The van der Waals surface area contributed by atoms with Crippen LogP contribution < -0.4 is 53.6 Å². The standard InChI is InChI=1S/C37H7N17.C19H7N9.C9H2N4O/c1-43-22-8-30-29(7-19(22)14-40)53-37(54-30)33(46-4)36-47-23(20(15-41)34-49-27-5-17(12-38)18(13-39)6-28(27)50-34)9-24(48-36)21(16-42)35-51-31-10-25(44-2)26(45-3)11-32(31)52-35;1-22-10-18-25-11(4-5-20)6-13(26-18)12(9-21)19-27-16-7-14(23-2)15(24-3)8-17(16)28-19;10-3-5-1-7-8(2-6(5)4-11)13-9(14)12-7/h5-11H;6-8H,4,10H2;1-2H/b37-33-;;. The fourth-order valence-electron chi connectivity index (χ4n) is 8.99. The van der Waals surface area contributed by atoms with E-state index in [1.54, 1.807) is 0 Å². The molecular formula is C65H16N30O. The van der Waals surface area contributed by atoms with Gasteiger partial charge in [-0.2, -0.15) is 57.3 Å². The molecule has 2 aromatic heterocycles. The highest BCUT2D eigenvalue weighted by atomic mass is 16.2. The second-order valence-corrected chi connectivity index (χ2v) is 18.8. The molecule has 2 amide bonds. The van der Waals surface area contributed by atoms with Crippen molar-refractivity contribution in [1.29, 1.82) is 47.4 Å². The Balaban J connectivity index is 0.000000196. The number of carbonyl (C=O) groups is 1. The van der Waals surface area contributed by atoms with E-state index in [4.69, 9.17) is 61.8 Å². The van der Waals surface area contributed by atoms with Crippen molar-refractivity contribution in [1.82, 2.24) is 19.9 Å². The van der Waals surface area contributed by atoms with Gasteiger partial charge >= 0.3 is 6.03 Å². The van der Waals surface area contributed by atoms with Gasteiger partial charge in [0.1, 0.15) is 59.2 Å². The van der Waals surface area contributed by atoms with Crippen LogP contribution in [-0.4, -0.2) is 26.0 Å². The van der Waals surface area contributed by atoms with Crippen LogP contribution in [0.3, 0.4) is 0 Å². The zero-order valence-electron chi connectivity index (χ0n) is 47.7. The molecule has 0 radical (unpaired) electrons. The molecule has 31 heteroatoms. The molecular weight excluding hydrogens is 1220 g/mol. The first-order valence-electron chi connectivity index (χ1n) is 26.2. The van der Waals surface area contributed by atoms with Crippen LogP contribution in [0.5, 0.6) is 0 Å². The van der Waals surface area contributed by atoms with Crippen molar-refractivity contribution in [3.8, 4) is 54.6 Å². The molecule has 5 aliphatic rings. The predicted octanol–water partition coefficient (Wildman–Crippen LogP) is 4.54. The SMILES string of the molecule is N#Cc1cc2c(cc1C#N)=NC(=O)N=2.[C-]#[N+]/C(=C1/N=c2cc(C#N)c([N+]#[C-])cc2=N1)c1nc(C(C#N)=C2N=c3cc(C#N)c(C#N)cc3=N2)cc(C(C#N)=C2N=c3cc([N+]#[C-])c([N+]#[C-])cc3=N2)n1.[C-]#[N+]Cc1nc(CC#N)cc(C(C#N)=C2N=c3cc([N+]#[C-])c([N+]#[C-])cc3=N2)n1. The number of amides is 2. The van der Waals surface area contributed by atoms with Crippen molar-refractivity contribution in [3.05, 3.63) is 292 Å². The van der Waals surface area contributed by atoms with E-state index >= 15 is 0 Å². The quantitative estimate of drug-likeness (QED) is 0.163. The Kier molecular flexibility index (Phi) is 17.0. The summed E-state index contributed by atoms with van der Waals surface area (Å²) >= 11 is 0. The highest BCUT2D eigenvalue weighted by Gasteiger charge is 2.26. The third kappa shape index (κ3) is 11.8. The van der Waals surface area contributed by atoms with Crippen LogP contribution in [0, 0.1) is 148 Å². The Bertz CT molecular complexity index is 5830. The number of nitriles is 9. The molecule has 432 valence electrons. The summed E-state index contributed by atoms with van der Waals surface area (Å²) in [7, 11) is 0.